The zero-order chi connectivity index (χ0) is 19.1. The normalized spacial score (nSPS) is 11.9. The summed E-state index contributed by atoms with van der Waals surface area (Å²) >= 11 is 0. The smallest absolute Gasteiger partial charge is 0.191 e. The van der Waals surface area contributed by atoms with E-state index in [-0.39, 0.29) is 0 Å². The summed E-state index contributed by atoms with van der Waals surface area (Å²) in [7, 11) is 0. The number of nitrogens with one attached hydrogen (secondary N) is 4. The molecule has 3 rings (SSSR count). The first-order valence-corrected chi connectivity index (χ1v) is 9.75. The Hall–Kier alpha value is -2.76. The van der Waals surface area contributed by atoms with E-state index in [1.807, 2.05) is 6.20 Å². The quantitative estimate of drug-likeness (QED) is 0.281. The minimum Gasteiger partial charge on any atom is -0.361 e. The highest BCUT2D eigenvalue weighted by Crippen LogP contribution is 2.19. The van der Waals surface area contributed by atoms with Crippen LogP contribution in [-0.4, -0.2) is 40.8 Å². The lowest BCUT2D eigenvalue weighted by molar-refractivity contribution is 0.777. The molecule has 0 saturated carbocycles. The topological polar surface area (TPSA) is 80.9 Å². The molecule has 0 atom stereocenters. The molecule has 3 aromatic rings. The van der Waals surface area contributed by atoms with Crippen LogP contribution in [0.1, 0.15) is 35.7 Å². The number of H-pyrrole nitrogens is 2. The molecule has 0 fully saturated rings. The molecule has 27 heavy (non-hydrogen) atoms. The summed E-state index contributed by atoms with van der Waals surface area (Å²) in [5, 5.41) is 15.1. The predicted molar refractivity (Wildman–Crippen MR) is 112 cm³/mol. The standard InChI is InChI=1S/C21H30N6/c1-4-22-21(23-10-5-6-17-14-26-27-16(17)3)24-11-9-18-13-25-20-12-15(2)7-8-19(18)20/h7-8,12-14,25H,4-6,9-11H2,1-3H3,(H,26,27)(H2,22,23,24). The minimum absolute atomic E-state index is 0.798. The van der Waals surface area contributed by atoms with E-state index in [4.69, 9.17) is 4.99 Å². The fourth-order valence-corrected chi connectivity index (χ4v) is 3.25. The van der Waals surface area contributed by atoms with Crippen LogP contribution in [0, 0.1) is 13.8 Å². The second-order valence-corrected chi connectivity index (χ2v) is 6.92. The molecule has 0 saturated heterocycles. The van der Waals surface area contributed by atoms with Gasteiger partial charge in [0.2, 0.25) is 0 Å². The molecule has 0 spiro atoms. The van der Waals surface area contributed by atoms with Crippen LogP contribution in [0.4, 0.5) is 0 Å². The Morgan fingerprint density at radius 3 is 2.81 bits per heavy atom. The molecule has 6 nitrogen and oxygen atoms in total. The lowest BCUT2D eigenvalue weighted by Crippen LogP contribution is -2.38. The van der Waals surface area contributed by atoms with Gasteiger partial charge < -0.3 is 15.6 Å². The van der Waals surface area contributed by atoms with Gasteiger partial charge in [0.1, 0.15) is 0 Å². The van der Waals surface area contributed by atoms with Crippen molar-refractivity contribution in [2.24, 2.45) is 4.99 Å². The summed E-state index contributed by atoms with van der Waals surface area (Å²) in [5.41, 5.74) is 6.25. The molecular weight excluding hydrogens is 336 g/mol. The van der Waals surface area contributed by atoms with Gasteiger partial charge in [0.25, 0.3) is 0 Å². The van der Waals surface area contributed by atoms with Crippen LogP contribution in [0.15, 0.2) is 35.6 Å². The van der Waals surface area contributed by atoms with Crippen LogP contribution in [0.25, 0.3) is 10.9 Å². The van der Waals surface area contributed by atoms with Gasteiger partial charge in [-0.05, 0) is 62.8 Å². The first-order valence-electron chi connectivity index (χ1n) is 9.75. The van der Waals surface area contributed by atoms with Gasteiger partial charge in [-0.2, -0.15) is 5.10 Å². The van der Waals surface area contributed by atoms with Gasteiger partial charge >= 0.3 is 0 Å². The van der Waals surface area contributed by atoms with Crippen LogP contribution in [-0.2, 0) is 12.8 Å². The maximum absolute atomic E-state index is 4.69. The van der Waals surface area contributed by atoms with Crippen molar-refractivity contribution in [3.8, 4) is 0 Å². The molecule has 144 valence electrons. The van der Waals surface area contributed by atoms with Crippen molar-refractivity contribution >= 4 is 16.9 Å². The molecule has 0 unspecified atom stereocenters. The van der Waals surface area contributed by atoms with E-state index >= 15 is 0 Å². The minimum atomic E-state index is 0.798. The fraction of sp³-hybridized carbons (Fsp3) is 0.429. The van der Waals surface area contributed by atoms with E-state index < -0.39 is 0 Å². The molecule has 0 radical (unpaired) electrons. The number of rotatable bonds is 8. The first-order chi connectivity index (χ1) is 13.2. The molecule has 4 N–H and O–H groups in total. The average Bonchev–Trinajstić information content (AvgIpc) is 3.24. The monoisotopic (exact) mass is 366 g/mol. The number of benzene rings is 1. The first kappa shape index (κ1) is 19.0. The van der Waals surface area contributed by atoms with E-state index in [1.54, 1.807) is 0 Å². The highest BCUT2D eigenvalue weighted by atomic mass is 15.2. The molecular formula is C21H30N6. The molecule has 0 aliphatic rings. The molecule has 2 aromatic heterocycles. The van der Waals surface area contributed by atoms with Gasteiger partial charge in [-0.25, -0.2) is 0 Å². The van der Waals surface area contributed by atoms with E-state index in [1.165, 1.54) is 27.6 Å². The third-order valence-electron chi connectivity index (χ3n) is 4.76. The van der Waals surface area contributed by atoms with Gasteiger partial charge in [0.05, 0.1) is 6.20 Å². The number of guanidine groups is 1. The Morgan fingerprint density at radius 1 is 1.15 bits per heavy atom. The zero-order valence-corrected chi connectivity index (χ0v) is 16.5. The molecule has 0 amide bonds. The van der Waals surface area contributed by atoms with E-state index in [0.29, 0.717) is 0 Å². The Bertz CT molecular complexity index is 889. The third kappa shape index (κ3) is 5.12. The SMILES string of the molecule is CCNC(=NCCCc1cn[nH]c1C)NCCc1c[nH]c2cc(C)ccc12. The molecule has 0 aliphatic heterocycles. The third-order valence-corrected chi connectivity index (χ3v) is 4.76. The van der Waals surface area contributed by atoms with Crippen LogP contribution in [0.2, 0.25) is 0 Å². The van der Waals surface area contributed by atoms with Gasteiger partial charge in [0, 0.05) is 42.4 Å². The Labute approximate surface area is 160 Å². The van der Waals surface area contributed by atoms with Crippen molar-refractivity contribution in [1.82, 2.24) is 25.8 Å². The van der Waals surface area contributed by atoms with E-state index in [0.717, 1.165) is 50.6 Å². The number of fused-ring (bicyclic) bond motifs is 1. The van der Waals surface area contributed by atoms with Crippen LogP contribution in [0.3, 0.4) is 0 Å². The lowest BCUT2D eigenvalue weighted by atomic mass is 10.1. The number of hydrogen-bond acceptors (Lipinski definition) is 2. The molecule has 0 bridgehead atoms. The van der Waals surface area contributed by atoms with Crippen molar-refractivity contribution in [2.75, 3.05) is 19.6 Å². The Morgan fingerprint density at radius 2 is 2.04 bits per heavy atom. The van der Waals surface area contributed by atoms with Crippen LogP contribution >= 0.6 is 0 Å². The second kappa shape index (κ2) is 9.26. The summed E-state index contributed by atoms with van der Waals surface area (Å²) in [6, 6.07) is 6.56. The van der Waals surface area contributed by atoms with Crippen molar-refractivity contribution in [3.63, 3.8) is 0 Å². The molecule has 6 heteroatoms. The van der Waals surface area contributed by atoms with E-state index in [9.17, 15) is 0 Å². The molecule has 1 aromatic carbocycles. The number of aromatic nitrogens is 3. The zero-order valence-electron chi connectivity index (χ0n) is 16.5. The predicted octanol–water partition coefficient (Wildman–Crippen LogP) is 3.24. The van der Waals surface area contributed by atoms with Gasteiger partial charge in [-0.15, -0.1) is 0 Å². The van der Waals surface area contributed by atoms with Gasteiger partial charge in [0.15, 0.2) is 5.96 Å². The fourth-order valence-electron chi connectivity index (χ4n) is 3.25. The van der Waals surface area contributed by atoms with E-state index in [2.05, 4.69) is 71.0 Å². The highest BCUT2D eigenvalue weighted by Gasteiger charge is 2.05. The highest BCUT2D eigenvalue weighted by molar-refractivity contribution is 5.84. The van der Waals surface area contributed by atoms with Crippen LogP contribution in [0.5, 0.6) is 0 Å². The van der Waals surface area contributed by atoms with Gasteiger partial charge in [-0.1, -0.05) is 12.1 Å². The number of nitrogens with zero attached hydrogens (tertiary/aromatic N) is 2. The number of aromatic amines is 2. The number of aryl methyl sites for hydroxylation is 3. The van der Waals surface area contributed by atoms with Gasteiger partial charge in [-0.3, -0.25) is 10.1 Å². The molecule has 2 heterocycles. The summed E-state index contributed by atoms with van der Waals surface area (Å²) in [4.78, 5) is 8.06. The summed E-state index contributed by atoms with van der Waals surface area (Å²) in [6.45, 7) is 8.78. The maximum atomic E-state index is 4.69. The second-order valence-electron chi connectivity index (χ2n) is 6.92. The van der Waals surface area contributed by atoms with Crippen LogP contribution < -0.4 is 10.6 Å². The number of aliphatic imine (C=N–C) groups is 1. The summed E-state index contributed by atoms with van der Waals surface area (Å²) < 4.78 is 0. The largest absolute Gasteiger partial charge is 0.361 e. The molecule has 0 aliphatic carbocycles. The average molecular weight is 367 g/mol. The summed E-state index contributed by atoms with van der Waals surface area (Å²) in [5.74, 6) is 0.886. The summed E-state index contributed by atoms with van der Waals surface area (Å²) in [6.07, 6.45) is 6.99. The maximum Gasteiger partial charge on any atom is 0.191 e. The number of hydrogen-bond donors (Lipinski definition) is 4. The lowest BCUT2D eigenvalue weighted by Gasteiger charge is -2.11. The Balaban J connectivity index is 1.49. The van der Waals surface area contributed by atoms with Crippen molar-refractivity contribution in [2.45, 2.75) is 40.0 Å². The van der Waals surface area contributed by atoms with Crippen molar-refractivity contribution in [3.05, 3.63) is 53.0 Å². The Kier molecular flexibility index (Phi) is 6.52. The van der Waals surface area contributed by atoms with Crippen molar-refractivity contribution < 1.29 is 0 Å². The van der Waals surface area contributed by atoms with Crippen molar-refractivity contribution in [1.29, 1.82) is 0 Å².